The molecule has 0 spiro atoms. The predicted molar refractivity (Wildman–Crippen MR) is 89.3 cm³/mol. The third-order valence-corrected chi connectivity index (χ3v) is 4.08. The third kappa shape index (κ3) is 8.08. The van der Waals surface area contributed by atoms with Crippen LogP contribution in [0.5, 0.6) is 0 Å². The minimum absolute atomic E-state index is 0.716. The Kier molecular flexibility index (Phi) is 10.6. The second kappa shape index (κ2) is 11.1. The van der Waals surface area contributed by atoms with Crippen molar-refractivity contribution < 1.29 is 0 Å². The third-order valence-electron chi connectivity index (χ3n) is 4.08. The molecule has 0 aromatic rings. The highest BCUT2D eigenvalue weighted by atomic mass is 14.2. The van der Waals surface area contributed by atoms with Crippen molar-refractivity contribution in [2.24, 2.45) is 17.8 Å². The van der Waals surface area contributed by atoms with Crippen LogP contribution in [0.3, 0.4) is 0 Å². The van der Waals surface area contributed by atoms with Gasteiger partial charge in [-0.2, -0.15) is 0 Å². The smallest absolute Gasteiger partial charge is 0.0169 e. The molecule has 0 amide bonds. The maximum Gasteiger partial charge on any atom is -0.0169 e. The van der Waals surface area contributed by atoms with Gasteiger partial charge in [-0.05, 0) is 50.9 Å². The van der Waals surface area contributed by atoms with Crippen LogP contribution < -0.4 is 0 Å². The molecule has 0 aliphatic carbocycles. The summed E-state index contributed by atoms with van der Waals surface area (Å²) in [5, 5.41) is 0. The van der Waals surface area contributed by atoms with Crippen molar-refractivity contribution >= 4 is 0 Å². The number of allylic oxidation sites excluding steroid dienone is 6. The average Bonchev–Trinajstić information content (AvgIpc) is 2.37. The Balaban J connectivity index is 4.71. The van der Waals surface area contributed by atoms with Crippen LogP contribution in [0.2, 0.25) is 0 Å². The van der Waals surface area contributed by atoms with Crippen molar-refractivity contribution in [1.82, 2.24) is 0 Å². The zero-order valence-corrected chi connectivity index (χ0v) is 13.9. The summed E-state index contributed by atoms with van der Waals surface area (Å²) in [5.41, 5.74) is 1.58. The Morgan fingerprint density at radius 2 is 1.79 bits per heavy atom. The van der Waals surface area contributed by atoms with Crippen molar-refractivity contribution in [1.29, 1.82) is 0 Å². The first-order valence-corrected chi connectivity index (χ1v) is 8.01. The molecule has 0 radical (unpaired) electrons. The Labute approximate surface area is 121 Å². The summed E-state index contributed by atoms with van der Waals surface area (Å²) >= 11 is 0. The van der Waals surface area contributed by atoms with Gasteiger partial charge >= 0.3 is 0 Å². The van der Waals surface area contributed by atoms with Gasteiger partial charge in [0.05, 0.1) is 0 Å². The van der Waals surface area contributed by atoms with E-state index in [9.17, 15) is 0 Å². The molecule has 2 atom stereocenters. The van der Waals surface area contributed by atoms with Gasteiger partial charge in [-0.3, -0.25) is 0 Å². The van der Waals surface area contributed by atoms with Gasteiger partial charge in [0.15, 0.2) is 0 Å². The van der Waals surface area contributed by atoms with Gasteiger partial charge in [-0.15, -0.1) is 0 Å². The van der Waals surface area contributed by atoms with Gasteiger partial charge in [-0.25, -0.2) is 0 Å². The molecular weight excluding hydrogens is 228 g/mol. The molecule has 0 bridgehead atoms. The van der Waals surface area contributed by atoms with Crippen LogP contribution in [0.4, 0.5) is 0 Å². The summed E-state index contributed by atoms with van der Waals surface area (Å²) in [6.45, 7) is 13.7. The largest absolute Gasteiger partial charge is 0.0877 e. The first-order chi connectivity index (χ1) is 9.06. The lowest BCUT2D eigenvalue weighted by Gasteiger charge is -2.25. The highest BCUT2D eigenvalue weighted by Gasteiger charge is 2.18. The van der Waals surface area contributed by atoms with Gasteiger partial charge in [0.25, 0.3) is 0 Å². The second-order valence-electron chi connectivity index (χ2n) is 5.89. The molecule has 0 aliphatic rings. The summed E-state index contributed by atoms with van der Waals surface area (Å²) in [4.78, 5) is 0. The maximum absolute atomic E-state index is 2.40. The molecular formula is C19H34. The molecule has 0 aromatic carbocycles. The zero-order chi connectivity index (χ0) is 14.7. The van der Waals surface area contributed by atoms with Crippen LogP contribution in [-0.4, -0.2) is 0 Å². The normalized spacial score (nSPS) is 16.7. The van der Waals surface area contributed by atoms with E-state index in [1.165, 1.54) is 19.3 Å². The number of hydrogen-bond donors (Lipinski definition) is 0. The topological polar surface area (TPSA) is 0 Å². The standard InChI is InChI=1S/C19H34/c1-7-10-11-12-14-19(17(6)13-8-2)15-18(9-3)16(4)5/h7,10-13,16,18-19H,8-9,14-15H2,1-6H3. The minimum Gasteiger partial charge on any atom is -0.0877 e. The van der Waals surface area contributed by atoms with Crippen LogP contribution in [0.15, 0.2) is 36.0 Å². The van der Waals surface area contributed by atoms with Crippen molar-refractivity contribution in [3.05, 3.63) is 36.0 Å². The summed E-state index contributed by atoms with van der Waals surface area (Å²) < 4.78 is 0. The molecule has 0 saturated carbocycles. The Hall–Kier alpha value is -0.780. The van der Waals surface area contributed by atoms with Gasteiger partial charge in [0, 0.05) is 0 Å². The summed E-state index contributed by atoms with van der Waals surface area (Å²) in [7, 11) is 0. The van der Waals surface area contributed by atoms with Crippen LogP contribution in [0.1, 0.15) is 67.2 Å². The Bertz CT molecular complexity index is 291. The second-order valence-corrected chi connectivity index (χ2v) is 5.89. The first kappa shape index (κ1) is 18.2. The lowest BCUT2D eigenvalue weighted by molar-refractivity contribution is 0.307. The minimum atomic E-state index is 0.716. The van der Waals surface area contributed by atoms with Crippen molar-refractivity contribution in [2.75, 3.05) is 0 Å². The summed E-state index contributed by atoms with van der Waals surface area (Å²) in [6, 6.07) is 0. The molecule has 0 heteroatoms. The lowest BCUT2D eigenvalue weighted by atomic mass is 9.80. The average molecular weight is 262 g/mol. The molecule has 0 saturated heterocycles. The quantitative estimate of drug-likeness (QED) is 0.326. The molecule has 0 aliphatic heterocycles. The van der Waals surface area contributed by atoms with Gasteiger partial charge in [-0.1, -0.05) is 70.1 Å². The van der Waals surface area contributed by atoms with Crippen molar-refractivity contribution in [3.63, 3.8) is 0 Å². The zero-order valence-electron chi connectivity index (χ0n) is 13.9. The fourth-order valence-corrected chi connectivity index (χ4v) is 2.66. The monoisotopic (exact) mass is 262 g/mol. The maximum atomic E-state index is 2.40. The highest BCUT2D eigenvalue weighted by molar-refractivity contribution is 5.08. The summed E-state index contributed by atoms with van der Waals surface area (Å²) in [5.74, 6) is 2.36. The van der Waals surface area contributed by atoms with Crippen LogP contribution in [0.25, 0.3) is 0 Å². The SMILES string of the molecule is CC=CC=CCC(CC(CC)C(C)C)C(C)=CCC. The van der Waals surface area contributed by atoms with Crippen LogP contribution in [0, 0.1) is 17.8 Å². The molecule has 0 rings (SSSR count). The molecule has 0 fully saturated rings. The Morgan fingerprint density at radius 3 is 2.26 bits per heavy atom. The van der Waals surface area contributed by atoms with E-state index in [0.717, 1.165) is 18.3 Å². The van der Waals surface area contributed by atoms with E-state index < -0.39 is 0 Å². The van der Waals surface area contributed by atoms with Crippen LogP contribution >= 0.6 is 0 Å². The van der Waals surface area contributed by atoms with Crippen molar-refractivity contribution in [3.8, 4) is 0 Å². The number of hydrogen-bond acceptors (Lipinski definition) is 0. The van der Waals surface area contributed by atoms with E-state index in [0.29, 0.717) is 5.92 Å². The van der Waals surface area contributed by atoms with Gasteiger partial charge < -0.3 is 0 Å². The molecule has 0 N–H and O–H groups in total. The Morgan fingerprint density at radius 1 is 1.11 bits per heavy atom. The van der Waals surface area contributed by atoms with Crippen molar-refractivity contribution in [2.45, 2.75) is 67.2 Å². The first-order valence-electron chi connectivity index (χ1n) is 8.01. The summed E-state index contributed by atoms with van der Waals surface area (Å²) in [6.07, 6.45) is 16.1. The fourth-order valence-electron chi connectivity index (χ4n) is 2.66. The van der Waals surface area contributed by atoms with E-state index >= 15 is 0 Å². The highest BCUT2D eigenvalue weighted by Crippen LogP contribution is 2.30. The fraction of sp³-hybridized carbons (Fsp3) is 0.684. The molecule has 0 heterocycles. The van der Waals surface area contributed by atoms with E-state index in [1.807, 2.05) is 0 Å². The number of rotatable bonds is 9. The van der Waals surface area contributed by atoms with Gasteiger partial charge in [0.1, 0.15) is 0 Å². The van der Waals surface area contributed by atoms with Gasteiger partial charge in [0.2, 0.25) is 0 Å². The molecule has 0 nitrogen and oxygen atoms in total. The molecule has 110 valence electrons. The van der Waals surface area contributed by atoms with E-state index in [1.54, 1.807) is 5.57 Å². The lowest BCUT2D eigenvalue weighted by Crippen LogP contribution is -2.14. The van der Waals surface area contributed by atoms with E-state index in [2.05, 4.69) is 71.9 Å². The predicted octanol–water partition coefficient (Wildman–Crippen LogP) is 6.55. The molecule has 19 heavy (non-hydrogen) atoms. The molecule has 2 unspecified atom stereocenters. The van der Waals surface area contributed by atoms with E-state index in [4.69, 9.17) is 0 Å². The van der Waals surface area contributed by atoms with Crippen LogP contribution in [-0.2, 0) is 0 Å². The van der Waals surface area contributed by atoms with E-state index in [-0.39, 0.29) is 0 Å². The molecule has 0 aromatic heterocycles.